The van der Waals surface area contributed by atoms with E-state index in [1.54, 1.807) is 0 Å². The van der Waals surface area contributed by atoms with Gasteiger partial charge in [0.25, 0.3) is 0 Å². The van der Waals surface area contributed by atoms with Gasteiger partial charge in [-0.3, -0.25) is 0 Å². The molecule has 0 aromatic heterocycles. The number of nitriles is 1. The Kier molecular flexibility index (Phi) is 7.14. The number of anilines is 3. The summed E-state index contributed by atoms with van der Waals surface area (Å²) in [6, 6.07) is 34.0. The van der Waals surface area contributed by atoms with Crippen LogP contribution in [0.15, 0.2) is 91.0 Å². The number of rotatable bonds is 5. The van der Waals surface area contributed by atoms with Crippen LogP contribution in [0.25, 0.3) is 11.1 Å². The molecule has 0 N–H and O–H groups in total. The van der Waals surface area contributed by atoms with E-state index in [0.29, 0.717) is 0 Å². The van der Waals surface area contributed by atoms with Gasteiger partial charge in [0.05, 0.1) is 28.5 Å². The fourth-order valence-electron chi connectivity index (χ4n) is 6.71. The lowest BCUT2D eigenvalue weighted by Crippen LogP contribution is -2.41. The summed E-state index contributed by atoms with van der Waals surface area (Å²) in [5.41, 5.74) is 6.66. The van der Waals surface area contributed by atoms with E-state index in [2.05, 4.69) is 145 Å². The van der Waals surface area contributed by atoms with Gasteiger partial charge in [-0.1, -0.05) is 54.6 Å². The third-order valence-electron chi connectivity index (χ3n) is 11.1. The van der Waals surface area contributed by atoms with Crippen LogP contribution in [0.2, 0.25) is 0 Å². The Labute approximate surface area is 279 Å². The number of nitrogens with zero attached hydrogens (tertiary/aromatic N) is 2. The second-order valence-electron chi connectivity index (χ2n) is 15.2. The number of fused-ring (bicyclic) bond motifs is 3. The molecule has 238 valence electrons. The first-order chi connectivity index (χ1) is 22.1. The maximum absolute atomic E-state index is 10.5. The molecule has 47 heavy (non-hydrogen) atoms. The molecule has 7 rings (SSSR count). The lowest BCUT2D eigenvalue weighted by Gasteiger charge is -2.32. The molecule has 2 saturated heterocycles. The van der Waals surface area contributed by atoms with Gasteiger partial charge in [0.15, 0.2) is 0 Å². The Morgan fingerprint density at radius 3 is 1.36 bits per heavy atom. The van der Waals surface area contributed by atoms with E-state index in [4.69, 9.17) is 18.6 Å². The van der Waals surface area contributed by atoms with E-state index in [1.165, 1.54) is 0 Å². The van der Waals surface area contributed by atoms with Crippen LogP contribution in [0.3, 0.4) is 0 Å². The lowest BCUT2D eigenvalue weighted by molar-refractivity contribution is 0.00578. The highest BCUT2D eigenvalue weighted by molar-refractivity contribution is 6.62. The summed E-state index contributed by atoms with van der Waals surface area (Å²) in [7, 11) is -0.895. The Morgan fingerprint density at radius 2 is 0.915 bits per heavy atom. The average molecular weight is 624 g/mol. The minimum atomic E-state index is -0.755. The van der Waals surface area contributed by atoms with Gasteiger partial charge in [-0.15, -0.1) is 0 Å². The summed E-state index contributed by atoms with van der Waals surface area (Å²) in [4.78, 5) is 2.23. The quantitative estimate of drug-likeness (QED) is 0.214. The Bertz CT molecular complexity index is 1780. The van der Waals surface area contributed by atoms with E-state index >= 15 is 0 Å². The van der Waals surface area contributed by atoms with Crippen molar-refractivity contribution in [3.8, 4) is 17.2 Å². The standard InChI is InChI=1S/C39H42B2N2O4/c1-35(2)36(3,4)45-40(44-35)26-14-18-28(19-15-26)43(29-20-16-27(17-21-29)41-46-37(5,6)38(7,8)47-41)30-22-23-32-31-12-10-11-13-33(31)39(9,25-42)34(32)24-30/h10-24H,1-9H3. The van der Waals surface area contributed by atoms with Gasteiger partial charge in [-0.2, -0.15) is 5.26 Å². The van der Waals surface area contributed by atoms with Crippen LogP contribution in [0.1, 0.15) is 73.4 Å². The zero-order valence-electron chi connectivity index (χ0n) is 28.8. The molecular formula is C39H42B2N2O4. The molecule has 2 aliphatic heterocycles. The van der Waals surface area contributed by atoms with Crippen molar-refractivity contribution in [2.45, 2.75) is 90.1 Å². The predicted octanol–water partition coefficient (Wildman–Crippen LogP) is 7.56. The summed E-state index contributed by atoms with van der Waals surface area (Å²) in [5.74, 6) is 0. The van der Waals surface area contributed by atoms with E-state index < -0.39 is 42.1 Å². The maximum atomic E-state index is 10.5. The minimum Gasteiger partial charge on any atom is -0.399 e. The third-order valence-corrected chi connectivity index (χ3v) is 11.1. The number of hydrogen-bond acceptors (Lipinski definition) is 6. The molecule has 0 saturated carbocycles. The molecule has 0 bridgehead atoms. The maximum Gasteiger partial charge on any atom is 0.494 e. The molecule has 2 heterocycles. The van der Waals surface area contributed by atoms with Gasteiger partial charge in [0.2, 0.25) is 0 Å². The average Bonchev–Trinajstić information content (AvgIpc) is 3.52. The monoisotopic (exact) mass is 624 g/mol. The van der Waals surface area contributed by atoms with Gasteiger partial charge >= 0.3 is 14.2 Å². The summed E-state index contributed by atoms with van der Waals surface area (Å²) in [5, 5.41) is 10.5. The minimum absolute atomic E-state index is 0.420. The molecule has 0 radical (unpaired) electrons. The summed E-state index contributed by atoms with van der Waals surface area (Å²) >= 11 is 0. The number of benzene rings is 4. The zero-order valence-corrected chi connectivity index (χ0v) is 28.8. The normalized spacial score (nSPS) is 22.9. The number of hydrogen-bond donors (Lipinski definition) is 0. The van der Waals surface area contributed by atoms with E-state index in [-0.39, 0.29) is 0 Å². The summed E-state index contributed by atoms with van der Waals surface area (Å²) in [6.07, 6.45) is 0. The molecule has 1 atom stereocenters. The fraction of sp³-hybridized carbons (Fsp3) is 0.359. The first-order valence-corrected chi connectivity index (χ1v) is 16.4. The van der Waals surface area contributed by atoms with Crippen LogP contribution < -0.4 is 15.8 Å². The van der Waals surface area contributed by atoms with E-state index in [9.17, 15) is 5.26 Å². The second-order valence-corrected chi connectivity index (χ2v) is 15.2. The fourth-order valence-corrected chi connectivity index (χ4v) is 6.71. The largest absolute Gasteiger partial charge is 0.494 e. The van der Waals surface area contributed by atoms with Crippen molar-refractivity contribution in [3.63, 3.8) is 0 Å². The highest BCUT2D eigenvalue weighted by Gasteiger charge is 2.52. The van der Waals surface area contributed by atoms with Crippen molar-refractivity contribution in [2.75, 3.05) is 4.90 Å². The lowest BCUT2D eigenvalue weighted by atomic mass is 9.79. The molecule has 4 aromatic rings. The van der Waals surface area contributed by atoms with Gasteiger partial charge in [-0.25, -0.2) is 0 Å². The molecule has 0 spiro atoms. The topological polar surface area (TPSA) is 64.0 Å². The zero-order chi connectivity index (χ0) is 33.6. The highest BCUT2D eigenvalue weighted by atomic mass is 16.7. The molecule has 3 aliphatic rings. The van der Waals surface area contributed by atoms with Gasteiger partial charge in [-0.05, 0) is 132 Å². The molecule has 6 nitrogen and oxygen atoms in total. The van der Waals surface area contributed by atoms with Gasteiger partial charge in [0.1, 0.15) is 5.41 Å². The molecule has 0 amide bonds. The van der Waals surface area contributed by atoms with Crippen LogP contribution in [0, 0.1) is 11.3 Å². The molecule has 2 fully saturated rings. The predicted molar refractivity (Wildman–Crippen MR) is 190 cm³/mol. The summed E-state index contributed by atoms with van der Waals surface area (Å²) in [6.45, 7) is 18.6. The van der Waals surface area contributed by atoms with Crippen molar-refractivity contribution in [2.24, 2.45) is 0 Å². The van der Waals surface area contributed by atoms with E-state index in [1.807, 2.05) is 19.1 Å². The second kappa shape index (κ2) is 10.6. The van der Waals surface area contributed by atoms with Crippen LogP contribution in [0.5, 0.6) is 0 Å². The van der Waals surface area contributed by atoms with Crippen LogP contribution in [0.4, 0.5) is 17.1 Å². The van der Waals surface area contributed by atoms with Gasteiger partial charge in [0, 0.05) is 17.1 Å². The SMILES string of the molecule is CC1(C#N)c2ccccc2-c2ccc(N(c3ccc(B4OC(C)(C)C(C)(C)O4)cc3)c3ccc(B4OC(C)(C)C(C)(C)O4)cc3)cc21. The van der Waals surface area contributed by atoms with E-state index in [0.717, 1.165) is 50.2 Å². The van der Waals surface area contributed by atoms with Crippen LogP contribution in [-0.4, -0.2) is 36.6 Å². The summed E-state index contributed by atoms with van der Waals surface area (Å²) < 4.78 is 25.3. The molecule has 4 aromatic carbocycles. The van der Waals surface area contributed by atoms with Crippen LogP contribution in [-0.2, 0) is 24.0 Å². The smallest absolute Gasteiger partial charge is 0.399 e. The first kappa shape index (κ1) is 31.7. The Hall–Kier alpha value is -3.86. The van der Waals surface area contributed by atoms with Crippen molar-refractivity contribution in [1.29, 1.82) is 5.26 Å². The third kappa shape index (κ3) is 4.95. The molecule has 8 heteroatoms. The molecule has 1 aliphatic carbocycles. The Morgan fingerprint density at radius 1 is 0.511 bits per heavy atom. The first-order valence-electron chi connectivity index (χ1n) is 16.4. The molecular weight excluding hydrogens is 582 g/mol. The van der Waals surface area contributed by atoms with Crippen molar-refractivity contribution >= 4 is 42.2 Å². The van der Waals surface area contributed by atoms with Gasteiger partial charge < -0.3 is 23.5 Å². The van der Waals surface area contributed by atoms with Crippen LogP contribution >= 0.6 is 0 Å². The van der Waals surface area contributed by atoms with Crippen molar-refractivity contribution in [1.82, 2.24) is 0 Å². The highest BCUT2D eigenvalue weighted by Crippen LogP contribution is 2.50. The Balaban J connectivity index is 1.29. The van der Waals surface area contributed by atoms with Crippen molar-refractivity contribution in [3.05, 3.63) is 102 Å². The molecule has 1 unspecified atom stereocenters. The van der Waals surface area contributed by atoms with Crippen molar-refractivity contribution < 1.29 is 18.6 Å².